The zero-order chi connectivity index (χ0) is 15.6. The van der Waals surface area contributed by atoms with Crippen LogP contribution >= 0.6 is 0 Å². The number of benzene rings is 1. The zero-order valence-electron chi connectivity index (χ0n) is 13.3. The molecular formula is C17H26N2O3. The van der Waals surface area contributed by atoms with E-state index in [0.29, 0.717) is 30.6 Å². The van der Waals surface area contributed by atoms with Crippen LogP contribution in [0.4, 0.5) is 0 Å². The van der Waals surface area contributed by atoms with Gasteiger partial charge in [0.2, 0.25) is 0 Å². The standard InChI is InChI=1S/C17H26N2O3/c1-2-21-15-7-3-4-8-16(15)22-13-17(20)19-11-9-14-6-5-10-18-12-14/h3-4,7-8,14,18H,2,5-6,9-13H2,1H3,(H,19,20). The molecule has 0 bridgehead atoms. The van der Waals surface area contributed by atoms with Crippen molar-refractivity contribution in [3.05, 3.63) is 24.3 Å². The summed E-state index contributed by atoms with van der Waals surface area (Å²) in [4.78, 5) is 11.8. The Bertz CT molecular complexity index is 459. The molecule has 0 spiro atoms. The van der Waals surface area contributed by atoms with E-state index in [1.165, 1.54) is 12.8 Å². The molecule has 2 N–H and O–H groups in total. The van der Waals surface area contributed by atoms with Crippen molar-refractivity contribution in [3.63, 3.8) is 0 Å². The number of nitrogens with one attached hydrogen (secondary N) is 2. The van der Waals surface area contributed by atoms with Crippen molar-refractivity contribution in [3.8, 4) is 11.5 Å². The van der Waals surface area contributed by atoms with Gasteiger partial charge in [-0.1, -0.05) is 12.1 Å². The monoisotopic (exact) mass is 306 g/mol. The smallest absolute Gasteiger partial charge is 0.257 e. The molecule has 1 fully saturated rings. The van der Waals surface area contributed by atoms with Gasteiger partial charge in [0, 0.05) is 6.54 Å². The Morgan fingerprint density at radius 2 is 2.09 bits per heavy atom. The summed E-state index contributed by atoms with van der Waals surface area (Å²) in [5.74, 6) is 1.87. The largest absolute Gasteiger partial charge is 0.490 e. The SMILES string of the molecule is CCOc1ccccc1OCC(=O)NCCC1CCCNC1. The summed E-state index contributed by atoms with van der Waals surface area (Å²) in [5.41, 5.74) is 0. The minimum Gasteiger partial charge on any atom is -0.490 e. The normalized spacial score (nSPS) is 17.8. The molecule has 0 aliphatic carbocycles. The Kier molecular flexibility index (Phi) is 7.03. The van der Waals surface area contributed by atoms with Gasteiger partial charge in [0.25, 0.3) is 5.91 Å². The molecule has 22 heavy (non-hydrogen) atoms. The number of para-hydroxylation sites is 2. The van der Waals surface area contributed by atoms with Gasteiger partial charge in [0.15, 0.2) is 18.1 Å². The molecule has 1 amide bonds. The Morgan fingerprint density at radius 3 is 2.77 bits per heavy atom. The van der Waals surface area contributed by atoms with Crippen LogP contribution in [0.2, 0.25) is 0 Å². The van der Waals surface area contributed by atoms with Gasteiger partial charge in [-0.05, 0) is 57.3 Å². The fourth-order valence-corrected chi connectivity index (χ4v) is 2.62. The van der Waals surface area contributed by atoms with Crippen molar-refractivity contribution in [2.45, 2.75) is 26.2 Å². The summed E-state index contributed by atoms with van der Waals surface area (Å²) in [5, 5.41) is 6.31. The highest BCUT2D eigenvalue weighted by Gasteiger charge is 2.13. The second-order valence-electron chi connectivity index (χ2n) is 5.52. The van der Waals surface area contributed by atoms with Crippen molar-refractivity contribution >= 4 is 5.91 Å². The van der Waals surface area contributed by atoms with Crippen LogP contribution in [-0.2, 0) is 4.79 Å². The summed E-state index contributed by atoms with van der Waals surface area (Å²) in [6.45, 7) is 5.41. The molecule has 0 saturated carbocycles. The molecule has 1 aromatic carbocycles. The number of carbonyl (C=O) groups is 1. The Labute approximate surface area is 132 Å². The van der Waals surface area contributed by atoms with Crippen LogP contribution in [0.5, 0.6) is 11.5 Å². The molecule has 1 aromatic rings. The van der Waals surface area contributed by atoms with E-state index in [0.717, 1.165) is 19.5 Å². The topological polar surface area (TPSA) is 59.6 Å². The first-order valence-electron chi connectivity index (χ1n) is 8.11. The van der Waals surface area contributed by atoms with Crippen LogP contribution in [0.25, 0.3) is 0 Å². The highest BCUT2D eigenvalue weighted by molar-refractivity contribution is 5.77. The molecule has 5 heteroatoms. The lowest BCUT2D eigenvalue weighted by Gasteiger charge is -2.22. The van der Waals surface area contributed by atoms with E-state index in [1.54, 1.807) is 0 Å². The molecule has 5 nitrogen and oxygen atoms in total. The molecule has 1 unspecified atom stereocenters. The molecule has 0 aromatic heterocycles. The number of piperidine rings is 1. The predicted molar refractivity (Wildman–Crippen MR) is 86.3 cm³/mol. The summed E-state index contributed by atoms with van der Waals surface area (Å²) < 4.78 is 11.0. The average Bonchev–Trinajstić information content (AvgIpc) is 2.55. The maximum Gasteiger partial charge on any atom is 0.257 e. The number of carbonyl (C=O) groups excluding carboxylic acids is 1. The second-order valence-corrected chi connectivity index (χ2v) is 5.52. The van der Waals surface area contributed by atoms with Crippen molar-refractivity contribution in [2.75, 3.05) is 32.8 Å². The van der Waals surface area contributed by atoms with Gasteiger partial charge in [-0.3, -0.25) is 4.79 Å². The first kappa shape index (κ1) is 16.6. The third kappa shape index (κ3) is 5.56. The van der Waals surface area contributed by atoms with Crippen LogP contribution in [0.1, 0.15) is 26.2 Å². The molecule has 1 saturated heterocycles. The number of hydrogen-bond donors (Lipinski definition) is 2. The van der Waals surface area contributed by atoms with Gasteiger partial charge in [-0.15, -0.1) is 0 Å². The molecule has 1 heterocycles. The van der Waals surface area contributed by atoms with Gasteiger partial charge in [0.05, 0.1) is 6.61 Å². The fraction of sp³-hybridized carbons (Fsp3) is 0.588. The van der Waals surface area contributed by atoms with E-state index in [1.807, 2.05) is 31.2 Å². The first-order chi connectivity index (χ1) is 10.8. The minimum atomic E-state index is -0.0879. The lowest BCUT2D eigenvalue weighted by Crippen LogP contribution is -2.34. The number of hydrogen-bond acceptors (Lipinski definition) is 4. The van der Waals surface area contributed by atoms with E-state index in [-0.39, 0.29) is 12.5 Å². The molecule has 1 aliphatic rings. The summed E-state index contributed by atoms with van der Waals surface area (Å²) in [7, 11) is 0. The first-order valence-corrected chi connectivity index (χ1v) is 8.11. The maximum atomic E-state index is 11.8. The Balaban J connectivity index is 1.67. The van der Waals surface area contributed by atoms with Crippen molar-refractivity contribution < 1.29 is 14.3 Å². The predicted octanol–water partition coefficient (Wildman–Crippen LogP) is 1.97. The van der Waals surface area contributed by atoms with E-state index in [9.17, 15) is 4.79 Å². The lowest BCUT2D eigenvalue weighted by atomic mass is 9.96. The Morgan fingerprint density at radius 1 is 1.32 bits per heavy atom. The highest BCUT2D eigenvalue weighted by atomic mass is 16.5. The van der Waals surface area contributed by atoms with Crippen molar-refractivity contribution in [1.82, 2.24) is 10.6 Å². The average molecular weight is 306 g/mol. The quantitative estimate of drug-likeness (QED) is 0.771. The second kappa shape index (κ2) is 9.30. The summed E-state index contributed by atoms with van der Waals surface area (Å²) in [6.07, 6.45) is 3.51. The molecule has 1 atom stereocenters. The van der Waals surface area contributed by atoms with Gasteiger partial charge in [0.1, 0.15) is 0 Å². The van der Waals surface area contributed by atoms with Gasteiger partial charge < -0.3 is 20.1 Å². The van der Waals surface area contributed by atoms with E-state index < -0.39 is 0 Å². The van der Waals surface area contributed by atoms with Gasteiger partial charge in [-0.25, -0.2) is 0 Å². The number of amides is 1. The fourth-order valence-electron chi connectivity index (χ4n) is 2.62. The van der Waals surface area contributed by atoms with Crippen molar-refractivity contribution in [1.29, 1.82) is 0 Å². The summed E-state index contributed by atoms with van der Waals surface area (Å²) >= 11 is 0. The van der Waals surface area contributed by atoms with Crippen LogP contribution in [0.3, 0.4) is 0 Å². The van der Waals surface area contributed by atoms with E-state index in [2.05, 4.69) is 10.6 Å². The molecule has 0 radical (unpaired) electrons. The van der Waals surface area contributed by atoms with Gasteiger partial charge >= 0.3 is 0 Å². The van der Waals surface area contributed by atoms with Crippen LogP contribution in [-0.4, -0.2) is 38.8 Å². The van der Waals surface area contributed by atoms with E-state index in [4.69, 9.17) is 9.47 Å². The third-order valence-electron chi connectivity index (χ3n) is 3.78. The molecular weight excluding hydrogens is 280 g/mol. The van der Waals surface area contributed by atoms with Crippen LogP contribution < -0.4 is 20.1 Å². The van der Waals surface area contributed by atoms with Crippen LogP contribution in [0, 0.1) is 5.92 Å². The van der Waals surface area contributed by atoms with E-state index >= 15 is 0 Å². The molecule has 122 valence electrons. The lowest BCUT2D eigenvalue weighted by molar-refractivity contribution is -0.123. The summed E-state index contributed by atoms with van der Waals surface area (Å²) in [6, 6.07) is 7.40. The maximum absolute atomic E-state index is 11.8. The zero-order valence-corrected chi connectivity index (χ0v) is 13.3. The van der Waals surface area contributed by atoms with Crippen LogP contribution in [0.15, 0.2) is 24.3 Å². The molecule has 2 rings (SSSR count). The van der Waals surface area contributed by atoms with Gasteiger partial charge in [-0.2, -0.15) is 0 Å². The van der Waals surface area contributed by atoms with Crippen molar-refractivity contribution in [2.24, 2.45) is 5.92 Å². The highest BCUT2D eigenvalue weighted by Crippen LogP contribution is 2.26. The number of rotatable bonds is 8. The minimum absolute atomic E-state index is 0.0208. The molecule has 1 aliphatic heterocycles. The Hall–Kier alpha value is -1.75. The number of ether oxygens (including phenoxy) is 2. The third-order valence-corrected chi connectivity index (χ3v) is 3.78.